The highest BCUT2D eigenvalue weighted by Crippen LogP contribution is 2.23. The maximum Gasteiger partial charge on any atom is 0.194 e. The Labute approximate surface area is 114 Å². The zero-order valence-corrected chi connectivity index (χ0v) is 11.5. The van der Waals surface area contributed by atoms with Crippen molar-refractivity contribution in [3.8, 4) is 0 Å². The van der Waals surface area contributed by atoms with E-state index in [4.69, 9.17) is 11.6 Å². The van der Waals surface area contributed by atoms with Gasteiger partial charge in [0, 0.05) is 20.6 Å². The summed E-state index contributed by atoms with van der Waals surface area (Å²) in [4.78, 5) is 12.2. The quantitative estimate of drug-likeness (QED) is 0.738. The number of carbonyl (C=O) groups excluding carboxylic acids is 1. The average Bonchev–Trinajstić information content (AvgIpc) is 2.32. The summed E-state index contributed by atoms with van der Waals surface area (Å²) in [5.74, 6) is -0.0284. The van der Waals surface area contributed by atoms with E-state index in [2.05, 4.69) is 15.9 Å². The maximum absolute atomic E-state index is 12.2. The van der Waals surface area contributed by atoms with Gasteiger partial charge in [-0.25, -0.2) is 0 Å². The molecule has 0 N–H and O–H groups in total. The molecule has 0 radical (unpaired) electrons. The lowest BCUT2D eigenvalue weighted by Crippen LogP contribution is -2.02. The second-order valence-electron chi connectivity index (χ2n) is 3.82. The van der Waals surface area contributed by atoms with Crippen LogP contribution in [0.25, 0.3) is 0 Å². The zero-order chi connectivity index (χ0) is 12.4. The van der Waals surface area contributed by atoms with Crippen molar-refractivity contribution in [2.24, 2.45) is 0 Å². The molecule has 0 aliphatic carbocycles. The molecule has 0 aromatic heterocycles. The van der Waals surface area contributed by atoms with E-state index in [-0.39, 0.29) is 5.78 Å². The third kappa shape index (κ3) is 2.76. The van der Waals surface area contributed by atoms with Crippen LogP contribution in [0.4, 0.5) is 0 Å². The maximum atomic E-state index is 12.2. The fourth-order valence-electron chi connectivity index (χ4n) is 1.53. The minimum absolute atomic E-state index is 0.0284. The molecule has 2 aromatic carbocycles. The molecule has 0 unspecified atom stereocenters. The summed E-state index contributed by atoms with van der Waals surface area (Å²) in [6.07, 6.45) is 0. The predicted molar refractivity (Wildman–Crippen MR) is 73.8 cm³/mol. The van der Waals surface area contributed by atoms with Gasteiger partial charge in [-0.3, -0.25) is 4.79 Å². The Hall–Kier alpha value is -1.12. The van der Waals surface area contributed by atoms with Gasteiger partial charge < -0.3 is 0 Å². The van der Waals surface area contributed by atoms with Crippen LogP contribution in [-0.4, -0.2) is 5.78 Å². The fraction of sp³-hybridized carbons (Fsp3) is 0.0714. The van der Waals surface area contributed by atoms with Gasteiger partial charge in [0.25, 0.3) is 0 Å². The van der Waals surface area contributed by atoms with Crippen molar-refractivity contribution in [3.05, 3.63) is 68.7 Å². The monoisotopic (exact) mass is 308 g/mol. The number of hydrogen-bond donors (Lipinski definition) is 0. The molecule has 0 aliphatic rings. The number of ketones is 1. The Bertz CT molecular complexity index is 561. The van der Waals surface area contributed by atoms with Crippen LogP contribution in [0.2, 0.25) is 5.02 Å². The summed E-state index contributed by atoms with van der Waals surface area (Å²) < 4.78 is 0.757. The first-order valence-corrected chi connectivity index (χ1v) is 6.31. The summed E-state index contributed by atoms with van der Waals surface area (Å²) in [7, 11) is 0. The molecule has 0 saturated heterocycles. The molecular weight excluding hydrogens is 300 g/mol. The first kappa shape index (κ1) is 12.3. The van der Waals surface area contributed by atoms with Gasteiger partial charge >= 0.3 is 0 Å². The highest BCUT2D eigenvalue weighted by molar-refractivity contribution is 9.10. The molecule has 0 bridgehead atoms. The molecule has 0 amide bonds. The van der Waals surface area contributed by atoms with Gasteiger partial charge in [-0.1, -0.05) is 57.4 Å². The van der Waals surface area contributed by atoms with Gasteiger partial charge in [-0.05, 0) is 25.1 Å². The number of benzene rings is 2. The van der Waals surface area contributed by atoms with Gasteiger partial charge in [0.15, 0.2) is 5.78 Å². The molecular formula is C14H10BrClO. The average molecular weight is 310 g/mol. The molecule has 17 heavy (non-hydrogen) atoms. The Morgan fingerprint density at radius 1 is 1.12 bits per heavy atom. The second kappa shape index (κ2) is 5.03. The molecule has 3 heteroatoms. The van der Waals surface area contributed by atoms with Gasteiger partial charge in [-0.15, -0.1) is 0 Å². The van der Waals surface area contributed by atoms with E-state index in [0.717, 1.165) is 10.0 Å². The number of carbonyl (C=O) groups is 1. The lowest BCUT2D eigenvalue weighted by molar-refractivity contribution is 0.103. The molecule has 0 fully saturated rings. The third-order valence-corrected chi connectivity index (χ3v) is 3.41. The van der Waals surface area contributed by atoms with E-state index in [0.29, 0.717) is 16.1 Å². The number of hydrogen-bond acceptors (Lipinski definition) is 1. The van der Waals surface area contributed by atoms with E-state index in [9.17, 15) is 4.79 Å². The lowest BCUT2D eigenvalue weighted by Gasteiger charge is -2.05. The van der Waals surface area contributed by atoms with Crippen molar-refractivity contribution in [1.29, 1.82) is 0 Å². The standard InChI is InChI=1S/C14H10BrClO/c1-9-2-4-10(5-3-9)14(17)12-8-11(16)6-7-13(12)15/h2-8H,1H3. The molecule has 0 saturated carbocycles. The van der Waals surface area contributed by atoms with E-state index in [1.165, 1.54) is 0 Å². The van der Waals surface area contributed by atoms with Crippen LogP contribution in [0.3, 0.4) is 0 Å². The smallest absolute Gasteiger partial charge is 0.194 e. The molecule has 0 aliphatic heterocycles. The first-order chi connectivity index (χ1) is 8.08. The van der Waals surface area contributed by atoms with Gasteiger partial charge in [0.05, 0.1) is 0 Å². The van der Waals surface area contributed by atoms with E-state index in [1.54, 1.807) is 18.2 Å². The topological polar surface area (TPSA) is 17.1 Å². The molecule has 86 valence electrons. The van der Waals surface area contributed by atoms with Crippen LogP contribution in [0.1, 0.15) is 21.5 Å². The largest absolute Gasteiger partial charge is 0.289 e. The van der Waals surface area contributed by atoms with Gasteiger partial charge in [-0.2, -0.15) is 0 Å². The Kier molecular flexibility index (Phi) is 3.65. The number of halogens is 2. The molecule has 0 atom stereocenters. The highest BCUT2D eigenvalue weighted by Gasteiger charge is 2.12. The van der Waals surface area contributed by atoms with Crippen LogP contribution in [0, 0.1) is 6.92 Å². The minimum atomic E-state index is -0.0284. The summed E-state index contributed by atoms with van der Waals surface area (Å²) in [6.45, 7) is 1.99. The van der Waals surface area contributed by atoms with Gasteiger partial charge in [0.2, 0.25) is 0 Å². The second-order valence-corrected chi connectivity index (χ2v) is 5.11. The van der Waals surface area contributed by atoms with Gasteiger partial charge in [0.1, 0.15) is 0 Å². The first-order valence-electron chi connectivity index (χ1n) is 5.14. The molecule has 0 spiro atoms. The van der Waals surface area contributed by atoms with E-state index >= 15 is 0 Å². The zero-order valence-electron chi connectivity index (χ0n) is 9.21. The van der Waals surface area contributed by atoms with Crippen molar-refractivity contribution in [2.75, 3.05) is 0 Å². The summed E-state index contributed by atoms with van der Waals surface area (Å²) in [6, 6.07) is 12.7. The Balaban J connectivity index is 2.43. The molecule has 1 nitrogen and oxygen atoms in total. The van der Waals surface area contributed by atoms with E-state index < -0.39 is 0 Å². The van der Waals surface area contributed by atoms with Crippen molar-refractivity contribution in [3.63, 3.8) is 0 Å². The summed E-state index contributed by atoms with van der Waals surface area (Å²) in [5, 5.41) is 0.559. The minimum Gasteiger partial charge on any atom is -0.289 e. The van der Waals surface area contributed by atoms with Crippen molar-refractivity contribution < 1.29 is 4.79 Å². The van der Waals surface area contributed by atoms with Crippen LogP contribution < -0.4 is 0 Å². The lowest BCUT2D eigenvalue weighted by atomic mass is 10.0. The molecule has 0 heterocycles. The van der Waals surface area contributed by atoms with E-state index in [1.807, 2.05) is 31.2 Å². The fourth-order valence-corrected chi connectivity index (χ4v) is 2.13. The van der Waals surface area contributed by atoms with Crippen molar-refractivity contribution >= 4 is 33.3 Å². The number of rotatable bonds is 2. The summed E-state index contributed by atoms with van der Waals surface area (Å²) >= 11 is 9.26. The van der Waals surface area contributed by atoms with Crippen molar-refractivity contribution in [1.82, 2.24) is 0 Å². The van der Waals surface area contributed by atoms with Crippen LogP contribution in [0.15, 0.2) is 46.9 Å². The molecule has 2 rings (SSSR count). The predicted octanol–water partition coefficient (Wildman–Crippen LogP) is 4.64. The summed E-state index contributed by atoms with van der Waals surface area (Å²) in [5.41, 5.74) is 2.38. The highest BCUT2D eigenvalue weighted by atomic mass is 79.9. The molecule has 2 aromatic rings. The van der Waals surface area contributed by atoms with Crippen LogP contribution in [-0.2, 0) is 0 Å². The Morgan fingerprint density at radius 3 is 2.41 bits per heavy atom. The Morgan fingerprint density at radius 2 is 1.76 bits per heavy atom. The normalized spacial score (nSPS) is 10.3. The van der Waals surface area contributed by atoms with Crippen LogP contribution in [0.5, 0.6) is 0 Å². The van der Waals surface area contributed by atoms with Crippen molar-refractivity contribution in [2.45, 2.75) is 6.92 Å². The SMILES string of the molecule is Cc1ccc(C(=O)c2cc(Cl)ccc2Br)cc1. The number of aryl methyl sites for hydroxylation is 1. The van der Waals surface area contributed by atoms with Crippen LogP contribution >= 0.6 is 27.5 Å². The third-order valence-electron chi connectivity index (χ3n) is 2.49.